The van der Waals surface area contributed by atoms with Gasteiger partial charge in [-0.05, 0) is 39.9 Å². The first-order chi connectivity index (χ1) is 8.06. The third kappa shape index (κ3) is 3.28. The number of halogens is 1. The summed E-state index contributed by atoms with van der Waals surface area (Å²) >= 11 is 6.82. The van der Waals surface area contributed by atoms with Crippen LogP contribution in [0.2, 0.25) is 0 Å². The van der Waals surface area contributed by atoms with Crippen LogP contribution in [0.3, 0.4) is 0 Å². The molecule has 0 bridgehead atoms. The highest BCUT2D eigenvalue weighted by molar-refractivity contribution is 9.11. The van der Waals surface area contributed by atoms with E-state index in [2.05, 4.69) is 44.3 Å². The topological polar surface area (TPSA) is 42.1 Å². The second-order valence-electron chi connectivity index (χ2n) is 3.96. The lowest BCUT2D eigenvalue weighted by Crippen LogP contribution is -2.16. The van der Waals surface area contributed by atoms with Gasteiger partial charge in [-0.2, -0.15) is 0 Å². The van der Waals surface area contributed by atoms with Gasteiger partial charge in [0.25, 0.3) is 0 Å². The highest BCUT2D eigenvalue weighted by Crippen LogP contribution is 2.26. The molecule has 2 aromatic heterocycles. The maximum absolute atomic E-state index is 5.80. The molecule has 0 radical (unpaired) electrons. The fraction of sp³-hybridized carbons (Fsp3) is 0.364. The summed E-state index contributed by atoms with van der Waals surface area (Å²) in [7, 11) is 2.05. The molecule has 0 fully saturated rings. The Morgan fingerprint density at radius 2 is 2.24 bits per heavy atom. The lowest BCUT2D eigenvalue weighted by Gasteiger charge is -2.14. The van der Waals surface area contributed by atoms with Gasteiger partial charge in [-0.1, -0.05) is 0 Å². The third-order valence-corrected chi connectivity index (χ3v) is 4.87. The number of aromatic nitrogens is 1. The van der Waals surface area contributed by atoms with E-state index in [1.807, 2.05) is 12.3 Å². The van der Waals surface area contributed by atoms with E-state index >= 15 is 0 Å². The highest BCUT2D eigenvalue weighted by Gasteiger charge is 2.10. The van der Waals surface area contributed by atoms with Crippen molar-refractivity contribution < 1.29 is 0 Å². The zero-order valence-corrected chi connectivity index (χ0v) is 12.9. The van der Waals surface area contributed by atoms with Crippen molar-refractivity contribution >= 4 is 43.7 Å². The minimum absolute atomic E-state index is 0.00342. The Morgan fingerprint density at radius 3 is 2.76 bits per heavy atom. The zero-order chi connectivity index (χ0) is 12.4. The Labute approximate surface area is 117 Å². The van der Waals surface area contributed by atoms with Crippen molar-refractivity contribution in [1.29, 1.82) is 0 Å². The van der Waals surface area contributed by atoms with Gasteiger partial charge >= 0.3 is 0 Å². The molecule has 6 heteroatoms. The molecule has 92 valence electrons. The first-order valence-electron chi connectivity index (χ1n) is 5.21. The molecule has 1 unspecified atom stereocenters. The summed E-state index contributed by atoms with van der Waals surface area (Å²) in [6, 6.07) is 2.14. The maximum atomic E-state index is 5.80. The molecule has 2 heterocycles. The summed E-state index contributed by atoms with van der Waals surface area (Å²) in [5.41, 5.74) is 8.06. The van der Waals surface area contributed by atoms with Crippen LogP contribution in [0.5, 0.6) is 0 Å². The van der Waals surface area contributed by atoms with Gasteiger partial charge in [0.05, 0.1) is 9.48 Å². The molecule has 0 aliphatic heterocycles. The van der Waals surface area contributed by atoms with Crippen LogP contribution < -0.4 is 10.6 Å². The molecule has 0 aliphatic carbocycles. The minimum Gasteiger partial charge on any atom is -0.347 e. The summed E-state index contributed by atoms with van der Waals surface area (Å²) in [6.07, 6.45) is 0. The summed E-state index contributed by atoms with van der Waals surface area (Å²) < 4.78 is 1.16. The highest BCUT2D eigenvalue weighted by atomic mass is 79.9. The Morgan fingerprint density at radius 1 is 1.47 bits per heavy atom. The summed E-state index contributed by atoms with van der Waals surface area (Å²) in [6.45, 7) is 2.82. The smallest absolute Gasteiger partial charge is 0.185 e. The van der Waals surface area contributed by atoms with Gasteiger partial charge in [-0.25, -0.2) is 4.98 Å². The molecule has 0 aliphatic rings. The minimum atomic E-state index is 0.00342. The molecule has 2 N–H and O–H groups in total. The molecule has 1 atom stereocenters. The van der Waals surface area contributed by atoms with E-state index in [-0.39, 0.29) is 6.04 Å². The maximum Gasteiger partial charge on any atom is 0.185 e. The quantitative estimate of drug-likeness (QED) is 0.930. The number of thiazole rings is 1. The standard InChI is InChI=1S/C11H14BrN3S2/c1-7(13)9-6-17-11(14-9)15(2)4-8-3-10(12)16-5-8/h3,5-7H,4,13H2,1-2H3. The van der Waals surface area contributed by atoms with Crippen molar-refractivity contribution in [3.63, 3.8) is 0 Å². The predicted octanol–water partition coefficient (Wildman–Crippen LogP) is 3.62. The summed E-state index contributed by atoms with van der Waals surface area (Å²) in [4.78, 5) is 6.67. The van der Waals surface area contributed by atoms with Crippen LogP contribution in [-0.4, -0.2) is 12.0 Å². The SMILES string of the molecule is CC(N)c1csc(N(C)Cc2csc(Br)c2)n1. The van der Waals surface area contributed by atoms with E-state index in [9.17, 15) is 0 Å². The molecule has 0 saturated carbocycles. The largest absolute Gasteiger partial charge is 0.347 e. The zero-order valence-electron chi connectivity index (χ0n) is 9.68. The third-order valence-electron chi connectivity index (χ3n) is 2.34. The van der Waals surface area contributed by atoms with E-state index in [1.165, 1.54) is 5.56 Å². The first kappa shape index (κ1) is 13.0. The van der Waals surface area contributed by atoms with Crippen LogP contribution in [0.1, 0.15) is 24.2 Å². The fourth-order valence-electron chi connectivity index (χ4n) is 1.43. The van der Waals surface area contributed by atoms with Crippen molar-refractivity contribution in [3.05, 3.63) is 31.9 Å². The molecule has 17 heavy (non-hydrogen) atoms. The van der Waals surface area contributed by atoms with Crippen LogP contribution in [0.25, 0.3) is 0 Å². The average Bonchev–Trinajstić information content (AvgIpc) is 2.86. The summed E-state index contributed by atoms with van der Waals surface area (Å²) in [5, 5.41) is 5.19. The van der Waals surface area contributed by atoms with Gasteiger partial charge in [-0.3, -0.25) is 0 Å². The van der Waals surface area contributed by atoms with Crippen molar-refractivity contribution in [2.75, 3.05) is 11.9 Å². The van der Waals surface area contributed by atoms with Crippen molar-refractivity contribution in [3.8, 4) is 0 Å². The number of nitrogens with zero attached hydrogens (tertiary/aromatic N) is 2. The Hall–Kier alpha value is -0.430. The number of hydrogen-bond donors (Lipinski definition) is 1. The van der Waals surface area contributed by atoms with Gasteiger partial charge in [0, 0.05) is 25.0 Å². The van der Waals surface area contributed by atoms with Crippen molar-refractivity contribution in [2.24, 2.45) is 5.73 Å². The Kier molecular flexibility index (Phi) is 4.19. The lowest BCUT2D eigenvalue weighted by atomic mass is 10.3. The van der Waals surface area contributed by atoms with E-state index in [4.69, 9.17) is 5.73 Å². The second-order valence-corrected chi connectivity index (χ2v) is 7.09. The van der Waals surface area contributed by atoms with Gasteiger partial charge in [0.2, 0.25) is 0 Å². The fourth-order valence-corrected chi connectivity index (χ4v) is 3.53. The molecule has 0 aromatic carbocycles. The van der Waals surface area contributed by atoms with E-state index in [0.29, 0.717) is 0 Å². The second kappa shape index (κ2) is 5.48. The number of thiophene rings is 1. The normalized spacial score (nSPS) is 12.7. The van der Waals surface area contributed by atoms with Crippen LogP contribution >= 0.6 is 38.6 Å². The number of rotatable bonds is 4. The van der Waals surface area contributed by atoms with Gasteiger partial charge in [-0.15, -0.1) is 22.7 Å². The van der Waals surface area contributed by atoms with Gasteiger partial charge in [0.1, 0.15) is 0 Å². The Balaban J connectivity index is 2.06. The number of nitrogens with two attached hydrogens (primary N) is 1. The van der Waals surface area contributed by atoms with Crippen molar-refractivity contribution in [1.82, 2.24) is 4.98 Å². The number of anilines is 1. The number of hydrogen-bond acceptors (Lipinski definition) is 5. The van der Waals surface area contributed by atoms with Crippen LogP contribution in [0.4, 0.5) is 5.13 Å². The molecular formula is C11H14BrN3S2. The monoisotopic (exact) mass is 331 g/mol. The van der Waals surface area contributed by atoms with Crippen molar-refractivity contribution in [2.45, 2.75) is 19.5 Å². The molecule has 0 spiro atoms. The van der Waals surface area contributed by atoms with E-state index in [0.717, 1.165) is 21.2 Å². The average molecular weight is 332 g/mol. The molecular weight excluding hydrogens is 318 g/mol. The first-order valence-corrected chi connectivity index (χ1v) is 7.76. The molecule has 2 aromatic rings. The molecule has 0 saturated heterocycles. The van der Waals surface area contributed by atoms with E-state index in [1.54, 1.807) is 22.7 Å². The van der Waals surface area contributed by atoms with E-state index < -0.39 is 0 Å². The molecule has 2 rings (SSSR count). The molecule has 0 amide bonds. The van der Waals surface area contributed by atoms with Gasteiger partial charge < -0.3 is 10.6 Å². The van der Waals surface area contributed by atoms with Gasteiger partial charge in [0.15, 0.2) is 5.13 Å². The Bertz CT molecular complexity index is 492. The summed E-state index contributed by atoms with van der Waals surface area (Å²) in [5.74, 6) is 0. The molecule has 3 nitrogen and oxygen atoms in total. The predicted molar refractivity (Wildman–Crippen MR) is 78.8 cm³/mol. The van der Waals surface area contributed by atoms with Crippen LogP contribution in [-0.2, 0) is 6.54 Å². The lowest BCUT2D eigenvalue weighted by molar-refractivity contribution is 0.783. The van der Waals surface area contributed by atoms with Crippen LogP contribution in [0.15, 0.2) is 20.6 Å². The van der Waals surface area contributed by atoms with Crippen LogP contribution in [0, 0.1) is 0 Å².